The standard InChI is InChI=1S/C20H29N3O3S/c1-15(2)20(27(25,26)19-10-8-17(21)9-11-19)23-14-18(24)13-22-12-16-6-4-3-5-7-16/h3-11,15,18,20,22-24H,12-14,21H2,1-2H3/t18-,20?/m1/s1. The van der Waals surface area contributed by atoms with Crippen LogP contribution >= 0.6 is 0 Å². The molecule has 0 aliphatic carbocycles. The van der Waals surface area contributed by atoms with E-state index in [1.807, 2.05) is 44.2 Å². The fourth-order valence-electron chi connectivity index (χ4n) is 2.81. The second-order valence-electron chi connectivity index (χ2n) is 6.96. The molecule has 2 atom stereocenters. The summed E-state index contributed by atoms with van der Waals surface area (Å²) in [6.07, 6.45) is -0.698. The number of hydrogen-bond acceptors (Lipinski definition) is 6. The van der Waals surface area contributed by atoms with E-state index in [1.165, 1.54) is 12.1 Å². The van der Waals surface area contributed by atoms with Crippen LogP contribution in [0.15, 0.2) is 59.5 Å². The lowest BCUT2D eigenvalue weighted by Crippen LogP contribution is -2.46. The first-order chi connectivity index (χ1) is 12.8. The van der Waals surface area contributed by atoms with Crippen molar-refractivity contribution in [2.24, 2.45) is 5.92 Å². The molecule has 0 bridgehead atoms. The van der Waals surface area contributed by atoms with E-state index < -0.39 is 21.3 Å². The van der Waals surface area contributed by atoms with E-state index in [-0.39, 0.29) is 17.4 Å². The number of anilines is 1. The van der Waals surface area contributed by atoms with Crippen LogP contribution in [-0.4, -0.2) is 38.1 Å². The highest BCUT2D eigenvalue weighted by Crippen LogP contribution is 2.21. The van der Waals surface area contributed by atoms with Crippen LogP contribution in [0, 0.1) is 5.92 Å². The molecule has 7 heteroatoms. The van der Waals surface area contributed by atoms with Crippen LogP contribution in [0.4, 0.5) is 5.69 Å². The first-order valence-electron chi connectivity index (χ1n) is 9.06. The summed E-state index contributed by atoms with van der Waals surface area (Å²) in [5.41, 5.74) is 7.29. The second kappa shape index (κ2) is 9.85. The normalized spacial score (nSPS) is 14.2. The van der Waals surface area contributed by atoms with Gasteiger partial charge in [-0.3, -0.25) is 5.32 Å². The first kappa shape index (κ1) is 21.4. The number of hydrogen-bond donors (Lipinski definition) is 4. The van der Waals surface area contributed by atoms with E-state index in [1.54, 1.807) is 12.1 Å². The van der Waals surface area contributed by atoms with Gasteiger partial charge in [0.25, 0.3) is 0 Å². The molecule has 0 saturated carbocycles. The number of aliphatic hydroxyl groups is 1. The average Bonchev–Trinajstić information content (AvgIpc) is 2.62. The Morgan fingerprint density at radius 3 is 2.22 bits per heavy atom. The third kappa shape index (κ3) is 6.32. The van der Waals surface area contributed by atoms with Gasteiger partial charge in [-0.15, -0.1) is 0 Å². The number of nitrogen functional groups attached to an aromatic ring is 1. The van der Waals surface area contributed by atoms with Crippen LogP contribution in [0.1, 0.15) is 19.4 Å². The summed E-state index contributed by atoms with van der Waals surface area (Å²) in [6.45, 7) is 4.88. The van der Waals surface area contributed by atoms with Crippen LogP contribution < -0.4 is 16.4 Å². The lowest BCUT2D eigenvalue weighted by Gasteiger charge is -2.24. The molecule has 0 aliphatic rings. The minimum absolute atomic E-state index is 0.156. The molecule has 0 amide bonds. The molecule has 0 heterocycles. The van der Waals surface area contributed by atoms with E-state index in [4.69, 9.17) is 5.73 Å². The number of sulfone groups is 1. The minimum Gasteiger partial charge on any atom is -0.399 e. The van der Waals surface area contributed by atoms with Crippen molar-refractivity contribution < 1.29 is 13.5 Å². The molecule has 1 unspecified atom stereocenters. The highest BCUT2D eigenvalue weighted by molar-refractivity contribution is 7.92. The van der Waals surface area contributed by atoms with Gasteiger partial charge in [-0.05, 0) is 35.7 Å². The van der Waals surface area contributed by atoms with E-state index in [0.29, 0.717) is 18.8 Å². The molecule has 6 nitrogen and oxygen atoms in total. The molecule has 0 radical (unpaired) electrons. The Bertz CT molecular complexity index is 793. The predicted molar refractivity (Wildman–Crippen MR) is 109 cm³/mol. The van der Waals surface area contributed by atoms with Crippen molar-refractivity contribution >= 4 is 15.5 Å². The summed E-state index contributed by atoms with van der Waals surface area (Å²) >= 11 is 0. The van der Waals surface area contributed by atoms with Crippen molar-refractivity contribution in [1.82, 2.24) is 10.6 Å². The highest BCUT2D eigenvalue weighted by atomic mass is 32.2. The Morgan fingerprint density at radius 2 is 1.63 bits per heavy atom. The zero-order valence-electron chi connectivity index (χ0n) is 15.8. The molecule has 27 heavy (non-hydrogen) atoms. The number of nitrogens with two attached hydrogens (primary N) is 1. The van der Waals surface area contributed by atoms with Crippen molar-refractivity contribution in [3.05, 3.63) is 60.2 Å². The summed E-state index contributed by atoms with van der Waals surface area (Å²) < 4.78 is 25.8. The van der Waals surface area contributed by atoms with E-state index in [9.17, 15) is 13.5 Å². The molecule has 0 fully saturated rings. The van der Waals surface area contributed by atoms with Crippen molar-refractivity contribution in [3.63, 3.8) is 0 Å². The third-order valence-electron chi connectivity index (χ3n) is 4.26. The molecule has 0 spiro atoms. The quantitative estimate of drug-likeness (QED) is 0.460. The Labute approximate surface area is 161 Å². The maximum Gasteiger partial charge on any atom is 0.194 e. The van der Waals surface area contributed by atoms with Gasteiger partial charge in [0, 0.05) is 25.3 Å². The molecule has 0 aromatic heterocycles. The maximum atomic E-state index is 12.9. The molecule has 2 aromatic carbocycles. The largest absolute Gasteiger partial charge is 0.399 e. The Morgan fingerprint density at radius 1 is 1.00 bits per heavy atom. The van der Waals surface area contributed by atoms with Crippen molar-refractivity contribution in [3.8, 4) is 0 Å². The molecule has 148 valence electrons. The van der Waals surface area contributed by atoms with Gasteiger partial charge in [0.05, 0.1) is 11.0 Å². The van der Waals surface area contributed by atoms with E-state index in [0.717, 1.165) is 5.56 Å². The lowest BCUT2D eigenvalue weighted by molar-refractivity contribution is 0.165. The van der Waals surface area contributed by atoms with Gasteiger partial charge in [-0.1, -0.05) is 44.2 Å². The monoisotopic (exact) mass is 391 g/mol. The molecular formula is C20H29N3O3S. The Kier molecular flexibility index (Phi) is 7.79. The number of nitrogens with one attached hydrogen (secondary N) is 2. The van der Waals surface area contributed by atoms with Crippen LogP contribution in [0.2, 0.25) is 0 Å². The van der Waals surface area contributed by atoms with Gasteiger partial charge in [0.15, 0.2) is 9.84 Å². The predicted octanol–water partition coefficient (Wildman–Crippen LogP) is 1.76. The first-order valence-corrected chi connectivity index (χ1v) is 10.6. The van der Waals surface area contributed by atoms with Crippen molar-refractivity contribution in [1.29, 1.82) is 0 Å². The zero-order chi connectivity index (χ0) is 19.9. The van der Waals surface area contributed by atoms with Gasteiger partial charge >= 0.3 is 0 Å². The lowest BCUT2D eigenvalue weighted by atomic mass is 10.2. The van der Waals surface area contributed by atoms with E-state index in [2.05, 4.69) is 10.6 Å². The number of aliphatic hydroxyl groups excluding tert-OH is 1. The van der Waals surface area contributed by atoms with Crippen molar-refractivity contribution in [2.75, 3.05) is 18.8 Å². The topological polar surface area (TPSA) is 104 Å². The van der Waals surface area contributed by atoms with Crippen LogP contribution in [0.3, 0.4) is 0 Å². The summed E-state index contributed by atoms with van der Waals surface area (Å²) in [5, 5.41) is 15.6. The molecule has 5 N–H and O–H groups in total. The Hall–Kier alpha value is -1.93. The van der Waals surface area contributed by atoms with Gasteiger partial charge in [0.2, 0.25) is 0 Å². The summed E-state index contributed by atoms with van der Waals surface area (Å²) in [7, 11) is -3.57. The fourth-order valence-corrected chi connectivity index (χ4v) is 4.65. The third-order valence-corrected chi connectivity index (χ3v) is 6.56. The maximum absolute atomic E-state index is 12.9. The number of rotatable bonds is 10. The number of benzene rings is 2. The highest BCUT2D eigenvalue weighted by Gasteiger charge is 2.30. The molecule has 0 saturated heterocycles. The van der Waals surface area contributed by atoms with Gasteiger partial charge in [-0.2, -0.15) is 0 Å². The molecular weight excluding hydrogens is 362 g/mol. The SMILES string of the molecule is CC(C)C(NC[C@H](O)CNCc1ccccc1)S(=O)(=O)c1ccc(N)cc1. The van der Waals surface area contributed by atoms with Gasteiger partial charge < -0.3 is 16.2 Å². The summed E-state index contributed by atoms with van der Waals surface area (Å²) in [4.78, 5) is 0.222. The summed E-state index contributed by atoms with van der Waals surface area (Å²) in [5.74, 6) is -0.156. The van der Waals surface area contributed by atoms with Gasteiger partial charge in [-0.25, -0.2) is 8.42 Å². The average molecular weight is 392 g/mol. The van der Waals surface area contributed by atoms with E-state index >= 15 is 0 Å². The smallest absolute Gasteiger partial charge is 0.194 e. The fraction of sp³-hybridized carbons (Fsp3) is 0.400. The zero-order valence-corrected chi connectivity index (χ0v) is 16.6. The molecule has 2 aromatic rings. The van der Waals surface area contributed by atoms with Crippen LogP contribution in [0.25, 0.3) is 0 Å². The minimum atomic E-state index is -3.57. The molecule has 0 aliphatic heterocycles. The van der Waals surface area contributed by atoms with Crippen molar-refractivity contribution in [2.45, 2.75) is 36.8 Å². The second-order valence-corrected chi connectivity index (χ2v) is 9.03. The van der Waals surface area contributed by atoms with Crippen LogP contribution in [-0.2, 0) is 16.4 Å². The van der Waals surface area contributed by atoms with Gasteiger partial charge in [0.1, 0.15) is 5.37 Å². The van der Waals surface area contributed by atoms with Crippen LogP contribution in [0.5, 0.6) is 0 Å². The molecule has 2 rings (SSSR count). The summed E-state index contributed by atoms with van der Waals surface area (Å²) in [6, 6.07) is 16.1. The Balaban J connectivity index is 1.90.